The number of nitrogens with one attached hydrogen (secondary N) is 2. The van der Waals surface area contributed by atoms with Crippen molar-refractivity contribution in [3.8, 4) is 0 Å². The molecule has 3 heterocycles. The van der Waals surface area contributed by atoms with E-state index in [-0.39, 0.29) is 11.9 Å². The summed E-state index contributed by atoms with van der Waals surface area (Å²) in [6, 6.07) is 2.15. The van der Waals surface area contributed by atoms with Crippen molar-refractivity contribution in [1.29, 1.82) is 0 Å². The number of aromatic nitrogens is 5. The van der Waals surface area contributed by atoms with Gasteiger partial charge in [0.15, 0.2) is 5.65 Å². The van der Waals surface area contributed by atoms with Crippen LogP contribution in [0.5, 0.6) is 0 Å². The first-order valence-corrected chi connectivity index (χ1v) is 12.0. The maximum atomic E-state index is 13.2. The highest BCUT2D eigenvalue weighted by molar-refractivity contribution is 6.08. The van der Waals surface area contributed by atoms with Gasteiger partial charge in [0.1, 0.15) is 22.7 Å². The number of fused-ring (bicyclic) bond motifs is 1. The molecule has 5 rings (SSSR count). The van der Waals surface area contributed by atoms with Gasteiger partial charge >= 0.3 is 0 Å². The molecule has 0 saturated heterocycles. The summed E-state index contributed by atoms with van der Waals surface area (Å²) in [6.45, 7) is 6.55. The van der Waals surface area contributed by atoms with Crippen LogP contribution in [0.3, 0.4) is 0 Å². The first-order chi connectivity index (χ1) is 15.8. The standard InChI is InChI=1S/C24H33N7O2/c1-15-4-8-17(9-5-15)31-14-19(21(29-31)24(2,3)33)27-23(32)18-13-26-30-11-10-20(28-22(18)30)25-12-16-6-7-16/h10-11,13-17,33H,4-9,12H2,1-3H3,(H,25,28)(H,27,32). The first-order valence-electron chi connectivity index (χ1n) is 12.0. The molecule has 3 N–H and O–H groups in total. The Labute approximate surface area is 193 Å². The molecule has 0 unspecified atom stereocenters. The zero-order chi connectivity index (χ0) is 23.2. The minimum absolute atomic E-state index is 0.284. The molecule has 9 heteroatoms. The fourth-order valence-electron chi connectivity index (χ4n) is 4.52. The maximum absolute atomic E-state index is 13.2. The van der Waals surface area contributed by atoms with Crippen molar-refractivity contribution in [2.75, 3.05) is 17.2 Å². The molecule has 0 aliphatic heterocycles. The van der Waals surface area contributed by atoms with Gasteiger partial charge in [0, 0.05) is 18.9 Å². The Kier molecular flexibility index (Phi) is 5.60. The minimum atomic E-state index is -1.19. The molecule has 2 aliphatic carbocycles. The van der Waals surface area contributed by atoms with Crippen LogP contribution in [0.1, 0.15) is 81.4 Å². The van der Waals surface area contributed by atoms with E-state index in [0.29, 0.717) is 22.6 Å². The summed E-state index contributed by atoms with van der Waals surface area (Å²) in [7, 11) is 0. The second-order valence-corrected chi connectivity index (χ2v) is 10.3. The molecule has 0 aromatic carbocycles. The van der Waals surface area contributed by atoms with Crippen molar-refractivity contribution < 1.29 is 9.90 Å². The number of rotatable bonds is 7. The molecule has 2 saturated carbocycles. The van der Waals surface area contributed by atoms with E-state index in [1.54, 1.807) is 24.6 Å². The Balaban J connectivity index is 1.39. The van der Waals surface area contributed by atoms with Crippen LogP contribution >= 0.6 is 0 Å². The van der Waals surface area contributed by atoms with Gasteiger partial charge in [0.05, 0.1) is 17.9 Å². The molecule has 0 radical (unpaired) electrons. The van der Waals surface area contributed by atoms with Gasteiger partial charge in [0.2, 0.25) is 0 Å². The van der Waals surface area contributed by atoms with Crippen LogP contribution in [0.2, 0.25) is 0 Å². The second kappa shape index (κ2) is 8.44. The van der Waals surface area contributed by atoms with Crippen LogP contribution in [0.4, 0.5) is 11.5 Å². The van der Waals surface area contributed by atoms with Crippen molar-refractivity contribution in [1.82, 2.24) is 24.4 Å². The largest absolute Gasteiger partial charge is 0.384 e. The summed E-state index contributed by atoms with van der Waals surface area (Å²) in [6.07, 6.45) is 12.1. The van der Waals surface area contributed by atoms with E-state index in [0.717, 1.165) is 49.9 Å². The molecule has 176 valence electrons. The Hall–Kier alpha value is -2.94. The number of hydrogen-bond donors (Lipinski definition) is 3. The number of carbonyl (C=O) groups is 1. The lowest BCUT2D eigenvalue weighted by atomic mass is 9.87. The molecule has 3 aromatic rings. The smallest absolute Gasteiger partial charge is 0.261 e. The number of aliphatic hydroxyl groups is 1. The molecule has 0 bridgehead atoms. The van der Waals surface area contributed by atoms with E-state index >= 15 is 0 Å². The van der Waals surface area contributed by atoms with Crippen molar-refractivity contribution in [3.05, 3.63) is 35.9 Å². The summed E-state index contributed by atoms with van der Waals surface area (Å²) >= 11 is 0. The number of carbonyl (C=O) groups excluding carboxylic acids is 1. The average Bonchev–Trinajstić information content (AvgIpc) is 3.35. The van der Waals surface area contributed by atoms with Gasteiger partial charge in [-0.3, -0.25) is 9.48 Å². The third kappa shape index (κ3) is 4.73. The molecular formula is C24H33N7O2. The molecular weight excluding hydrogens is 418 g/mol. The van der Waals surface area contributed by atoms with Crippen molar-refractivity contribution >= 4 is 23.1 Å². The monoisotopic (exact) mass is 451 g/mol. The number of amides is 1. The average molecular weight is 452 g/mol. The van der Waals surface area contributed by atoms with Crippen molar-refractivity contribution in [2.45, 2.75) is 70.9 Å². The normalized spacial score (nSPS) is 21.3. The van der Waals surface area contributed by atoms with Gasteiger partial charge in [-0.15, -0.1) is 0 Å². The summed E-state index contributed by atoms with van der Waals surface area (Å²) in [5, 5.41) is 26.0. The van der Waals surface area contributed by atoms with Crippen molar-refractivity contribution in [3.63, 3.8) is 0 Å². The number of anilines is 2. The fraction of sp³-hybridized carbons (Fsp3) is 0.583. The predicted octanol–water partition coefficient (Wildman–Crippen LogP) is 3.98. The lowest BCUT2D eigenvalue weighted by Gasteiger charge is -2.26. The van der Waals surface area contributed by atoms with Crippen LogP contribution in [0.25, 0.3) is 5.65 Å². The molecule has 33 heavy (non-hydrogen) atoms. The third-order valence-corrected chi connectivity index (χ3v) is 6.80. The Morgan fingerprint density at radius 2 is 1.97 bits per heavy atom. The van der Waals surface area contributed by atoms with Gasteiger partial charge in [-0.25, -0.2) is 9.50 Å². The Morgan fingerprint density at radius 1 is 1.21 bits per heavy atom. The molecule has 2 aliphatic rings. The summed E-state index contributed by atoms with van der Waals surface area (Å²) < 4.78 is 3.52. The van der Waals surface area contributed by atoms with Crippen LogP contribution in [-0.2, 0) is 5.60 Å². The van der Waals surface area contributed by atoms with Gasteiger partial charge in [-0.2, -0.15) is 10.2 Å². The Morgan fingerprint density at radius 3 is 2.67 bits per heavy atom. The first kappa shape index (κ1) is 21.9. The van der Waals surface area contributed by atoms with Gasteiger partial charge < -0.3 is 15.7 Å². The maximum Gasteiger partial charge on any atom is 0.261 e. The molecule has 0 spiro atoms. The fourth-order valence-corrected chi connectivity index (χ4v) is 4.52. The topological polar surface area (TPSA) is 109 Å². The molecule has 0 atom stereocenters. The van der Waals surface area contributed by atoms with Gasteiger partial charge in [-0.05, 0) is 70.3 Å². The Bertz CT molecular complexity index is 1150. The number of hydrogen-bond acceptors (Lipinski definition) is 6. The van der Waals surface area contributed by atoms with Gasteiger partial charge in [0.25, 0.3) is 5.91 Å². The van der Waals surface area contributed by atoms with E-state index in [4.69, 9.17) is 5.10 Å². The minimum Gasteiger partial charge on any atom is -0.384 e. The van der Waals surface area contributed by atoms with Crippen LogP contribution in [0, 0.1) is 11.8 Å². The zero-order valence-electron chi connectivity index (χ0n) is 19.6. The highest BCUT2D eigenvalue weighted by Gasteiger charge is 2.29. The van der Waals surface area contributed by atoms with E-state index < -0.39 is 5.60 Å². The van der Waals surface area contributed by atoms with E-state index in [1.165, 1.54) is 19.0 Å². The highest BCUT2D eigenvalue weighted by Crippen LogP contribution is 2.35. The molecule has 3 aromatic heterocycles. The van der Waals surface area contributed by atoms with E-state index in [1.807, 2.05) is 16.9 Å². The summed E-state index contributed by atoms with van der Waals surface area (Å²) in [4.78, 5) is 17.9. The summed E-state index contributed by atoms with van der Waals surface area (Å²) in [5.74, 6) is 1.87. The number of nitrogens with zero attached hydrogens (tertiary/aromatic N) is 5. The molecule has 9 nitrogen and oxygen atoms in total. The molecule has 1 amide bonds. The van der Waals surface area contributed by atoms with Gasteiger partial charge in [-0.1, -0.05) is 6.92 Å². The van der Waals surface area contributed by atoms with E-state index in [2.05, 4.69) is 27.6 Å². The predicted molar refractivity (Wildman–Crippen MR) is 126 cm³/mol. The lowest BCUT2D eigenvalue weighted by Crippen LogP contribution is -2.22. The van der Waals surface area contributed by atoms with Crippen LogP contribution < -0.4 is 10.6 Å². The van der Waals surface area contributed by atoms with Crippen molar-refractivity contribution in [2.24, 2.45) is 11.8 Å². The van der Waals surface area contributed by atoms with Crippen LogP contribution in [0.15, 0.2) is 24.7 Å². The SMILES string of the molecule is CC1CCC(n2cc(NC(=O)c3cnn4ccc(NCC5CC5)nc34)c(C(C)(C)O)n2)CC1. The lowest BCUT2D eigenvalue weighted by molar-refractivity contribution is 0.0730. The third-order valence-electron chi connectivity index (χ3n) is 6.80. The van der Waals surface area contributed by atoms with Crippen LogP contribution in [-0.4, -0.2) is 41.9 Å². The molecule has 2 fully saturated rings. The van der Waals surface area contributed by atoms with E-state index in [9.17, 15) is 9.90 Å². The second-order valence-electron chi connectivity index (χ2n) is 10.3. The zero-order valence-corrected chi connectivity index (χ0v) is 19.6. The summed E-state index contributed by atoms with van der Waals surface area (Å²) in [5.41, 5.74) is 0.673. The quantitative estimate of drug-likeness (QED) is 0.501. The highest BCUT2D eigenvalue weighted by atomic mass is 16.3.